The number of benzene rings is 2. The summed E-state index contributed by atoms with van der Waals surface area (Å²) >= 11 is 0. The molecule has 0 atom stereocenters. The fourth-order valence-corrected chi connectivity index (χ4v) is 3.65. The Hall–Kier alpha value is -2.11. The summed E-state index contributed by atoms with van der Waals surface area (Å²) in [5.74, 6) is 0. The molecule has 0 aliphatic rings. The fraction of sp³-hybridized carbons (Fsp3) is 0.125. The van der Waals surface area contributed by atoms with Crippen molar-refractivity contribution >= 4 is 20.9 Å². The van der Waals surface area contributed by atoms with Crippen molar-refractivity contribution in [2.24, 2.45) is 0 Å². The number of aliphatic hydroxyl groups is 1. The second kappa shape index (κ2) is 5.02. The number of hydrogen-bond donors (Lipinski definition) is 1. The molecule has 1 aromatic heterocycles. The Kier molecular flexibility index (Phi) is 3.31. The summed E-state index contributed by atoms with van der Waals surface area (Å²) in [6.07, 6.45) is 1.54. The van der Waals surface area contributed by atoms with E-state index >= 15 is 0 Å². The molecule has 21 heavy (non-hydrogen) atoms. The Labute approximate surface area is 123 Å². The Morgan fingerprint density at radius 1 is 1.05 bits per heavy atom. The quantitative estimate of drug-likeness (QED) is 0.809. The molecule has 0 amide bonds. The van der Waals surface area contributed by atoms with E-state index in [1.165, 1.54) is 3.97 Å². The number of fused-ring (bicyclic) bond motifs is 1. The highest BCUT2D eigenvalue weighted by molar-refractivity contribution is 7.90. The topological polar surface area (TPSA) is 59.3 Å². The van der Waals surface area contributed by atoms with Crippen molar-refractivity contribution in [1.29, 1.82) is 0 Å². The highest BCUT2D eigenvalue weighted by atomic mass is 32.2. The highest BCUT2D eigenvalue weighted by Crippen LogP contribution is 2.23. The predicted molar refractivity (Wildman–Crippen MR) is 81.6 cm³/mol. The van der Waals surface area contributed by atoms with Crippen LogP contribution in [0.15, 0.2) is 59.6 Å². The van der Waals surface area contributed by atoms with Crippen LogP contribution in [-0.2, 0) is 16.6 Å². The predicted octanol–water partition coefficient (Wildman–Crippen LogP) is 2.68. The van der Waals surface area contributed by atoms with Crippen molar-refractivity contribution < 1.29 is 13.5 Å². The van der Waals surface area contributed by atoms with Crippen LogP contribution < -0.4 is 0 Å². The smallest absolute Gasteiger partial charge is 0.268 e. The molecule has 3 rings (SSSR count). The zero-order chi connectivity index (χ0) is 15.0. The van der Waals surface area contributed by atoms with Crippen molar-refractivity contribution in [2.45, 2.75) is 18.4 Å². The van der Waals surface area contributed by atoms with E-state index in [0.29, 0.717) is 5.52 Å². The van der Waals surface area contributed by atoms with Crippen LogP contribution in [0.5, 0.6) is 0 Å². The molecule has 1 N–H and O–H groups in total. The number of aromatic nitrogens is 1. The van der Waals surface area contributed by atoms with Crippen LogP contribution in [0.2, 0.25) is 0 Å². The molecule has 0 radical (unpaired) electrons. The fourth-order valence-electron chi connectivity index (χ4n) is 2.30. The van der Waals surface area contributed by atoms with Crippen LogP contribution in [0, 0.1) is 6.92 Å². The largest absolute Gasteiger partial charge is 0.392 e. The Bertz CT molecular complexity index is 893. The van der Waals surface area contributed by atoms with Gasteiger partial charge in [0.15, 0.2) is 0 Å². The first-order valence-electron chi connectivity index (χ1n) is 6.55. The molecule has 0 fully saturated rings. The van der Waals surface area contributed by atoms with Gasteiger partial charge < -0.3 is 5.11 Å². The Balaban J connectivity index is 2.17. The standard InChI is InChI=1S/C16H15NO3S/c1-12-2-5-15(6-3-12)21(19,20)17-9-8-14-10-13(11-18)4-7-16(14)17/h2-10,18H,11H2,1H3. The third-order valence-electron chi connectivity index (χ3n) is 3.48. The number of aryl methyl sites for hydroxylation is 1. The SMILES string of the molecule is Cc1ccc(S(=O)(=O)n2ccc3cc(CO)ccc32)cc1. The lowest BCUT2D eigenvalue weighted by molar-refractivity contribution is 0.282. The first-order valence-corrected chi connectivity index (χ1v) is 7.99. The van der Waals surface area contributed by atoms with E-state index in [0.717, 1.165) is 16.5 Å². The summed E-state index contributed by atoms with van der Waals surface area (Å²) in [5.41, 5.74) is 2.37. The van der Waals surface area contributed by atoms with Crippen LogP contribution in [0.3, 0.4) is 0 Å². The molecule has 1 heterocycles. The Morgan fingerprint density at radius 2 is 1.76 bits per heavy atom. The molecule has 2 aromatic carbocycles. The second-order valence-electron chi connectivity index (χ2n) is 4.98. The third kappa shape index (κ3) is 2.34. The summed E-state index contributed by atoms with van der Waals surface area (Å²) in [6.45, 7) is 1.85. The molecule has 108 valence electrons. The molecule has 0 saturated heterocycles. The molecule has 3 aromatic rings. The minimum atomic E-state index is -3.60. The zero-order valence-corrected chi connectivity index (χ0v) is 12.3. The van der Waals surface area contributed by atoms with Gasteiger partial charge in [-0.3, -0.25) is 0 Å². The molecular formula is C16H15NO3S. The van der Waals surface area contributed by atoms with Gasteiger partial charge in [-0.05, 0) is 42.8 Å². The highest BCUT2D eigenvalue weighted by Gasteiger charge is 2.18. The molecule has 0 bridgehead atoms. The minimum absolute atomic E-state index is 0.0637. The van der Waals surface area contributed by atoms with Gasteiger partial charge in [0.05, 0.1) is 17.0 Å². The van der Waals surface area contributed by atoms with Gasteiger partial charge in [0.25, 0.3) is 10.0 Å². The first-order chi connectivity index (χ1) is 10.0. The Morgan fingerprint density at radius 3 is 2.43 bits per heavy atom. The van der Waals surface area contributed by atoms with E-state index in [9.17, 15) is 8.42 Å². The van der Waals surface area contributed by atoms with Gasteiger partial charge in [0.2, 0.25) is 0 Å². The van der Waals surface area contributed by atoms with Crippen LogP contribution >= 0.6 is 0 Å². The van der Waals surface area contributed by atoms with Crippen LogP contribution in [0.1, 0.15) is 11.1 Å². The molecule has 0 aliphatic carbocycles. The lowest BCUT2D eigenvalue weighted by Gasteiger charge is -2.08. The van der Waals surface area contributed by atoms with Gasteiger partial charge in [0, 0.05) is 11.6 Å². The zero-order valence-electron chi connectivity index (χ0n) is 11.5. The van der Waals surface area contributed by atoms with Crippen LogP contribution in [-0.4, -0.2) is 17.5 Å². The molecular weight excluding hydrogens is 286 g/mol. The summed E-state index contributed by atoms with van der Waals surface area (Å²) in [4.78, 5) is 0.261. The summed E-state index contributed by atoms with van der Waals surface area (Å²) in [5, 5.41) is 9.93. The summed E-state index contributed by atoms with van der Waals surface area (Å²) in [6, 6.07) is 13.7. The lowest BCUT2D eigenvalue weighted by Crippen LogP contribution is -2.11. The lowest BCUT2D eigenvalue weighted by atomic mass is 10.2. The van der Waals surface area contributed by atoms with Gasteiger partial charge in [-0.15, -0.1) is 0 Å². The van der Waals surface area contributed by atoms with Crippen molar-refractivity contribution in [1.82, 2.24) is 3.97 Å². The van der Waals surface area contributed by atoms with Gasteiger partial charge in [-0.1, -0.05) is 23.8 Å². The third-order valence-corrected chi connectivity index (χ3v) is 5.18. The van der Waals surface area contributed by atoms with Gasteiger partial charge >= 0.3 is 0 Å². The summed E-state index contributed by atoms with van der Waals surface area (Å²) in [7, 11) is -3.60. The summed E-state index contributed by atoms with van der Waals surface area (Å²) < 4.78 is 26.6. The maximum Gasteiger partial charge on any atom is 0.268 e. The van der Waals surface area contributed by atoms with E-state index in [1.807, 2.05) is 6.92 Å². The first kappa shape index (κ1) is 13.9. The van der Waals surface area contributed by atoms with E-state index < -0.39 is 10.0 Å². The van der Waals surface area contributed by atoms with Crippen molar-refractivity contribution in [3.8, 4) is 0 Å². The normalized spacial score (nSPS) is 11.9. The van der Waals surface area contributed by atoms with E-state index in [2.05, 4.69) is 0 Å². The maximum absolute atomic E-state index is 12.7. The maximum atomic E-state index is 12.7. The second-order valence-corrected chi connectivity index (χ2v) is 6.80. The van der Waals surface area contributed by atoms with E-state index in [1.54, 1.807) is 54.7 Å². The molecule has 4 nitrogen and oxygen atoms in total. The van der Waals surface area contributed by atoms with Crippen LogP contribution in [0.25, 0.3) is 10.9 Å². The number of nitrogens with zero attached hydrogens (tertiary/aromatic N) is 1. The number of hydrogen-bond acceptors (Lipinski definition) is 3. The van der Waals surface area contributed by atoms with E-state index in [4.69, 9.17) is 5.11 Å². The molecule has 0 aliphatic heterocycles. The van der Waals surface area contributed by atoms with Gasteiger partial charge in [-0.25, -0.2) is 12.4 Å². The van der Waals surface area contributed by atoms with E-state index in [-0.39, 0.29) is 11.5 Å². The average molecular weight is 301 g/mol. The van der Waals surface area contributed by atoms with Crippen molar-refractivity contribution in [3.05, 3.63) is 65.9 Å². The molecule has 5 heteroatoms. The van der Waals surface area contributed by atoms with Gasteiger partial charge in [-0.2, -0.15) is 0 Å². The molecule has 0 spiro atoms. The minimum Gasteiger partial charge on any atom is -0.392 e. The van der Waals surface area contributed by atoms with Gasteiger partial charge in [0.1, 0.15) is 0 Å². The molecule has 0 unspecified atom stereocenters. The monoisotopic (exact) mass is 301 g/mol. The number of aliphatic hydroxyl groups excluding tert-OH is 1. The average Bonchev–Trinajstić information content (AvgIpc) is 2.91. The van der Waals surface area contributed by atoms with Crippen LogP contribution in [0.4, 0.5) is 0 Å². The van der Waals surface area contributed by atoms with Crippen molar-refractivity contribution in [2.75, 3.05) is 0 Å². The molecule has 0 saturated carbocycles. The number of rotatable bonds is 3. The van der Waals surface area contributed by atoms with Crippen molar-refractivity contribution in [3.63, 3.8) is 0 Å².